The molecule has 330 valence electrons. The van der Waals surface area contributed by atoms with Gasteiger partial charge in [0.2, 0.25) is 21.8 Å². The van der Waals surface area contributed by atoms with Gasteiger partial charge in [0.1, 0.15) is 29.8 Å². The largest absolute Gasteiger partial charge is 0.491 e. The number of nitrogens with zero attached hydrogens (tertiary/aromatic N) is 7. The number of carbonyl (C=O) groups is 3. The van der Waals surface area contributed by atoms with Gasteiger partial charge in [-0.05, 0) is 64.3 Å². The van der Waals surface area contributed by atoms with Crippen LogP contribution >= 0.6 is 0 Å². The fraction of sp³-hybridized carbons (Fsp3) is 0.548. The minimum absolute atomic E-state index is 0.0273. The van der Waals surface area contributed by atoms with E-state index < -0.39 is 44.7 Å². The van der Waals surface area contributed by atoms with Gasteiger partial charge in [-0.25, -0.2) is 27.7 Å². The van der Waals surface area contributed by atoms with Crippen molar-refractivity contribution in [3.05, 3.63) is 60.8 Å². The summed E-state index contributed by atoms with van der Waals surface area (Å²) < 4.78 is 46.5. The molecule has 3 atom stereocenters. The number of sulfonamides is 1. The first kappa shape index (κ1) is 46.6. The van der Waals surface area contributed by atoms with Gasteiger partial charge >= 0.3 is 6.09 Å². The van der Waals surface area contributed by atoms with Crippen LogP contribution in [-0.2, 0) is 40.2 Å². The molecule has 3 unspecified atom stereocenters. The van der Waals surface area contributed by atoms with Gasteiger partial charge in [-0.3, -0.25) is 14.3 Å². The predicted molar refractivity (Wildman–Crippen MR) is 226 cm³/mol. The topological polar surface area (TPSA) is 233 Å². The molecule has 18 nitrogen and oxygen atoms in total. The van der Waals surface area contributed by atoms with Gasteiger partial charge in [0, 0.05) is 60.9 Å². The molecule has 1 aromatic carbocycles. The Morgan fingerprint density at radius 3 is 2.41 bits per heavy atom. The van der Waals surface area contributed by atoms with Crippen LogP contribution in [0.4, 0.5) is 4.79 Å². The number of hydrogen-bond donors (Lipinski definition) is 3. The highest BCUT2D eigenvalue weighted by Crippen LogP contribution is 2.36. The summed E-state index contributed by atoms with van der Waals surface area (Å²) in [6.45, 7) is 13.9. The third-order valence-electron chi connectivity index (χ3n) is 11.2. The first-order valence-corrected chi connectivity index (χ1v) is 22.0. The van der Waals surface area contributed by atoms with Crippen LogP contribution in [0, 0.1) is 22.7 Å². The molecule has 3 aromatic heterocycles. The van der Waals surface area contributed by atoms with E-state index in [0.717, 1.165) is 5.56 Å². The summed E-state index contributed by atoms with van der Waals surface area (Å²) in [5.41, 5.74) is -0.401. The maximum absolute atomic E-state index is 13.6. The number of nitrogens with one attached hydrogen (secondary N) is 2. The standard InChI is InChI=1S/C42H57N9O9S/c1-8-41(7,38(54)45-23-30(4)52)22-29(3)37(53)44-17-19-58-20-21-59-33-12-10-32(11-13-33)40(5,6)60-39(55)50-18-14-34-35(46-28-47-36(34)50)31-24-48-51(25-31)42(15-16-43)26-49(27-42)61(56,57)9-2/h10-14,18,24-25,28-30,52H,8-9,15,17,19-23,26-27H2,1-7H3,(H,44,53)(H,45,54). The Bertz CT molecular complexity index is 2310. The number of rotatable bonds is 21. The Morgan fingerprint density at radius 1 is 1.03 bits per heavy atom. The fourth-order valence-electron chi connectivity index (χ4n) is 7.15. The van der Waals surface area contributed by atoms with Crippen molar-refractivity contribution >= 4 is 39.0 Å². The first-order chi connectivity index (χ1) is 28.9. The molecule has 0 saturated carbocycles. The quantitative estimate of drug-likeness (QED) is 0.101. The number of amides is 2. The minimum Gasteiger partial charge on any atom is -0.491 e. The second-order valence-electron chi connectivity index (χ2n) is 16.3. The lowest BCUT2D eigenvalue weighted by atomic mass is 9.78. The van der Waals surface area contributed by atoms with Gasteiger partial charge in [0.25, 0.3) is 0 Å². The molecule has 4 aromatic rings. The van der Waals surface area contributed by atoms with Crippen molar-refractivity contribution in [1.82, 2.24) is 39.3 Å². The molecule has 2 amide bonds. The number of aliphatic hydroxyl groups excluding tert-OH is 1. The molecule has 4 heterocycles. The number of aromatic nitrogens is 5. The monoisotopic (exact) mass is 863 g/mol. The lowest BCUT2D eigenvalue weighted by molar-refractivity contribution is -0.133. The van der Waals surface area contributed by atoms with E-state index in [-0.39, 0.29) is 63.4 Å². The molecule has 0 radical (unpaired) electrons. The van der Waals surface area contributed by atoms with Gasteiger partial charge in [0.15, 0.2) is 5.65 Å². The van der Waals surface area contributed by atoms with E-state index in [9.17, 15) is 33.2 Å². The van der Waals surface area contributed by atoms with E-state index in [4.69, 9.17) is 14.2 Å². The van der Waals surface area contributed by atoms with Crippen LogP contribution in [0.3, 0.4) is 0 Å². The van der Waals surface area contributed by atoms with Gasteiger partial charge in [0.05, 0.1) is 49.5 Å². The zero-order valence-corrected chi connectivity index (χ0v) is 36.7. The van der Waals surface area contributed by atoms with Gasteiger partial charge in [-0.2, -0.15) is 14.7 Å². The second kappa shape index (κ2) is 19.5. The summed E-state index contributed by atoms with van der Waals surface area (Å²) in [6.07, 6.45) is 5.93. The van der Waals surface area contributed by atoms with Crippen molar-refractivity contribution in [1.29, 1.82) is 5.26 Å². The third kappa shape index (κ3) is 10.9. The van der Waals surface area contributed by atoms with Crippen molar-refractivity contribution in [2.24, 2.45) is 11.3 Å². The normalized spacial score (nSPS) is 16.1. The lowest BCUT2D eigenvalue weighted by Gasteiger charge is -2.47. The van der Waals surface area contributed by atoms with E-state index >= 15 is 0 Å². The van der Waals surface area contributed by atoms with Crippen LogP contribution in [0.25, 0.3) is 22.3 Å². The Kier molecular flexibility index (Phi) is 14.9. The molecule has 19 heteroatoms. The average molecular weight is 864 g/mol. The third-order valence-corrected chi connectivity index (χ3v) is 12.9. The van der Waals surface area contributed by atoms with E-state index in [1.165, 1.54) is 15.2 Å². The number of benzene rings is 1. The maximum Gasteiger partial charge on any atom is 0.420 e. The predicted octanol–water partition coefficient (Wildman–Crippen LogP) is 3.94. The first-order valence-electron chi connectivity index (χ1n) is 20.4. The summed E-state index contributed by atoms with van der Waals surface area (Å²) in [7, 11) is -3.40. The fourth-order valence-corrected chi connectivity index (χ4v) is 8.39. The summed E-state index contributed by atoms with van der Waals surface area (Å²) in [5, 5.41) is 29.7. The smallest absolute Gasteiger partial charge is 0.420 e. The zero-order valence-electron chi connectivity index (χ0n) is 35.9. The molecule has 5 rings (SSSR count). The van der Waals surface area contributed by atoms with Crippen LogP contribution in [0.2, 0.25) is 0 Å². The van der Waals surface area contributed by atoms with E-state index in [1.54, 1.807) is 76.1 Å². The Labute approximate surface area is 356 Å². The molecule has 1 saturated heterocycles. The Balaban J connectivity index is 1.09. The van der Waals surface area contributed by atoms with Crippen molar-refractivity contribution in [2.45, 2.75) is 85.0 Å². The molecule has 1 fully saturated rings. The zero-order chi connectivity index (χ0) is 44.6. The van der Waals surface area contributed by atoms with Crippen LogP contribution in [0.1, 0.15) is 73.3 Å². The maximum atomic E-state index is 13.6. The Hall–Kier alpha value is -5.42. The summed E-state index contributed by atoms with van der Waals surface area (Å²) >= 11 is 0. The molecule has 1 aliphatic rings. The van der Waals surface area contributed by atoms with Crippen molar-refractivity contribution in [2.75, 3.05) is 51.8 Å². The number of ether oxygens (including phenoxy) is 3. The summed E-state index contributed by atoms with van der Waals surface area (Å²) in [4.78, 5) is 47.8. The van der Waals surface area contributed by atoms with Crippen molar-refractivity contribution in [3.63, 3.8) is 0 Å². The SMILES string of the molecule is CCC(C)(CC(C)C(=O)NCCOCCOc1ccc(C(C)(C)OC(=O)n2ccc3c(-c4cnn(C5(CC#N)CN(S(=O)(=O)CC)C5)c4)ncnc32)cc1)C(=O)NCC(C)O. The summed E-state index contributed by atoms with van der Waals surface area (Å²) in [6, 6.07) is 11.0. The molecule has 1 aliphatic heterocycles. The minimum atomic E-state index is -3.40. The van der Waals surface area contributed by atoms with Crippen molar-refractivity contribution < 1.29 is 42.1 Å². The van der Waals surface area contributed by atoms with Gasteiger partial charge < -0.3 is 30.0 Å². The van der Waals surface area contributed by atoms with Crippen LogP contribution < -0.4 is 15.4 Å². The highest BCUT2D eigenvalue weighted by Gasteiger charge is 2.49. The number of nitriles is 1. The van der Waals surface area contributed by atoms with E-state index in [1.807, 2.05) is 26.0 Å². The lowest BCUT2D eigenvalue weighted by Crippen LogP contribution is -2.64. The van der Waals surface area contributed by atoms with E-state index in [2.05, 4.69) is 31.8 Å². The Morgan fingerprint density at radius 2 is 1.75 bits per heavy atom. The molecule has 0 aliphatic carbocycles. The number of fused-ring (bicyclic) bond motifs is 1. The van der Waals surface area contributed by atoms with Crippen LogP contribution in [-0.4, -0.2) is 118 Å². The molecule has 0 spiro atoms. The number of aliphatic hydroxyl groups is 1. The molecular formula is C42H57N9O9S. The highest BCUT2D eigenvalue weighted by molar-refractivity contribution is 7.89. The van der Waals surface area contributed by atoms with Gasteiger partial charge in [-0.15, -0.1) is 0 Å². The van der Waals surface area contributed by atoms with Crippen LogP contribution in [0.5, 0.6) is 5.75 Å². The molecular weight excluding hydrogens is 807 g/mol. The second-order valence-corrected chi connectivity index (χ2v) is 18.5. The molecule has 3 N–H and O–H groups in total. The molecule has 0 bridgehead atoms. The highest BCUT2D eigenvalue weighted by atomic mass is 32.2. The van der Waals surface area contributed by atoms with Gasteiger partial charge in [-0.1, -0.05) is 32.9 Å². The summed E-state index contributed by atoms with van der Waals surface area (Å²) in [5.74, 6) is -0.174. The van der Waals surface area contributed by atoms with E-state index in [0.29, 0.717) is 47.4 Å². The number of carbonyl (C=O) groups excluding carboxylic acids is 3. The van der Waals surface area contributed by atoms with Crippen molar-refractivity contribution in [3.8, 4) is 23.1 Å². The molecule has 61 heavy (non-hydrogen) atoms. The van der Waals surface area contributed by atoms with Crippen LogP contribution in [0.15, 0.2) is 55.2 Å². The average Bonchev–Trinajstić information content (AvgIpc) is 3.89. The number of hydrogen-bond acceptors (Lipinski definition) is 13.